The Morgan fingerprint density at radius 3 is 3.05 bits per heavy atom. The zero-order valence-corrected chi connectivity index (χ0v) is 14.2. The molecule has 3 rings (SSSR count). The van der Waals surface area contributed by atoms with Crippen molar-refractivity contribution in [1.29, 1.82) is 0 Å². The van der Waals surface area contributed by atoms with Crippen LogP contribution in [0, 0.1) is 5.92 Å². The number of carbonyl (C=O) groups excluding carboxylic acids is 1. The van der Waals surface area contributed by atoms with Gasteiger partial charge in [-0.05, 0) is 43.2 Å². The number of rotatable bonds is 5. The molecule has 1 aliphatic carbocycles. The number of aryl methyl sites for hydroxylation is 2. The van der Waals surface area contributed by atoms with Crippen molar-refractivity contribution in [2.45, 2.75) is 39.2 Å². The third kappa shape index (κ3) is 3.70. The van der Waals surface area contributed by atoms with Gasteiger partial charge in [-0.3, -0.25) is 9.48 Å². The van der Waals surface area contributed by atoms with Crippen molar-refractivity contribution in [3.63, 3.8) is 0 Å². The monoisotopic (exact) mass is 337 g/mol. The van der Waals surface area contributed by atoms with Crippen molar-refractivity contribution in [2.75, 3.05) is 6.54 Å². The molecular weight excluding hydrogens is 318 g/mol. The number of carbonyl (C=O) groups is 1. The van der Waals surface area contributed by atoms with E-state index < -0.39 is 0 Å². The number of fused-ring (bicyclic) bond motifs is 1. The molecule has 1 N–H and O–H groups in total. The molecule has 2 aromatic rings. The predicted molar refractivity (Wildman–Crippen MR) is 89.7 cm³/mol. The molecule has 0 aromatic carbocycles. The Bertz CT molecular complexity index is 641. The summed E-state index contributed by atoms with van der Waals surface area (Å²) in [6.07, 6.45) is 8.17. The van der Waals surface area contributed by atoms with Crippen LogP contribution in [0.5, 0.6) is 0 Å². The second kappa shape index (κ2) is 6.84. The summed E-state index contributed by atoms with van der Waals surface area (Å²) < 4.78 is 1.81. The number of hydrogen-bond donors (Lipinski definition) is 1. The molecule has 118 valence electrons. The molecule has 22 heavy (non-hydrogen) atoms. The van der Waals surface area contributed by atoms with E-state index in [1.165, 1.54) is 23.3 Å². The molecule has 1 atom stereocenters. The van der Waals surface area contributed by atoms with Crippen LogP contribution >= 0.6 is 22.9 Å². The molecule has 4 nitrogen and oxygen atoms in total. The van der Waals surface area contributed by atoms with Crippen LogP contribution in [0.2, 0.25) is 5.02 Å². The van der Waals surface area contributed by atoms with Crippen molar-refractivity contribution < 1.29 is 4.79 Å². The minimum atomic E-state index is 0.0461. The van der Waals surface area contributed by atoms with E-state index in [2.05, 4.69) is 23.4 Å². The normalized spacial score (nSPS) is 15.4. The summed E-state index contributed by atoms with van der Waals surface area (Å²) in [6.45, 7) is 3.47. The predicted octanol–water partition coefficient (Wildman–Crippen LogP) is 3.54. The average Bonchev–Trinajstić information content (AvgIpc) is 3.10. The van der Waals surface area contributed by atoms with E-state index in [1.54, 1.807) is 23.7 Å². The van der Waals surface area contributed by atoms with Crippen LogP contribution in [0.25, 0.3) is 0 Å². The standard InChI is InChI=1S/C16H20ClN3OS/c1-11(9-20-10-13(17)8-19-20)7-18-16(21)15-6-12-4-2-3-5-14(12)22-15/h6,8,10-11H,2-5,7,9H2,1H3,(H,18,21)/t11-/m1/s1. The van der Waals surface area contributed by atoms with E-state index in [1.807, 2.05) is 4.68 Å². The second-order valence-corrected chi connectivity index (χ2v) is 7.54. The quantitative estimate of drug-likeness (QED) is 0.907. The third-order valence-electron chi connectivity index (χ3n) is 3.93. The fourth-order valence-corrected chi connectivity index (χ4v) is 4.10. The maximum atomic E-state index is 12.3. The van der Waals surface area contributed by atoms with E-state index in [9.17, 15) is 4.79 Å². The Kier molecular flexibility index (Phi) is 4.84. The summed E-state index contributed by atoms with van der Waals surface area (Å²) in [4.78, 5) is 14.5. The van der Waals surface area contributed by atoms with Gasteiger partial charge in [0, 0.05) is 24.2 Å². The van der Waals surface area contributed by atoms with E-state index in [4.69, 9.17) is 11.6 Å². The average molecular weight is 338 g/mol. The summed E-state index contributed by atoms with van der Waals surface area (Å²) in [5.74, 6) is 0.347. The molecule has 2 heterocycles. The lowest BCUT2D eigenvalue weighted by molar-refractivity contribution is 0.0950. The first-order chi connectivity index (χ1) is 10.6. The van der Waals surface area contributed by atoms with E-state index in [0.29, 0.717) is 17.5 Å². The SMILES string of the molecule is C[C@H](CNC(=O)c1cc2c(s1)CCCC2)Cn1cc(Cl)cn1. The molecule has 0 aliphatic heterocycles. The molecule has 0 radical (unpaired) electrons. The third-order valence-corrected chi connectivity index (χ3v) is 5.36. The topological polar surface area (TPSA) is 46.9 Å². The fourth-order valence-electron chi connectivity index (χ4n) is 2.78. The number of nitrogens with one attached hydrogen (secondary N) is 1. The highest BCUT2D eigenvalue weighted by Crippen LogP contribution is 2.29. The highest BCUT2D eigenvalue weighted by molar-refractivity contribution is 7.14. The second-order valence-electron chi connectivity index (χ2n) is 5.96. The van der Waals surface area contributed by atoms with E-state index in [-0.39, 0.29) is 5.91 Å². The Hall–Kier alpha value is -1.33. The number of aromatic nitrogens is 2. The van der Waals surface area contributed by atoms with Gasteiger partial charge in [0.05, 0.1) is 16.1 Å². The maximum absolute atomic E-state index is 12.3. The minimum Gasteiger partial charge on any atom is -0.351 e. The Labute approximate surface area is 139 Å². The van der Waals surface area contributed by atoms with Crippen LogP contribution in [-0.4, -0.2) is 22.2 Å². The fraction of sp³-hybridized carbons (Fsp3) is 0.500. The first-order valence-electron chi connectivity index (χ1n) is 7.69. The van der Waals surface area contributed by atoms with Crippen molar-refractivity contribution in [3.8, 4) is 0 Å². The Morgan fingerprint density at radius 2 is 2.32 bits per heavy atom. The summed E-state index contributed by atoms with van der Waals surface area (Å²) >= 11 is 7.50. The first kappa shape index (κ1) is 15.6. The molecule has 2 aromatic heterocycles. The molecule has 0 saturated heterocycles. The minimum absolute atomic E-state index is 0.0461. The lowest BCUT2D eigenvalue weighted by Crippen LogP contribution is -2.29. The Balaban J connectivity index is 1.52. The van der Waals surface area contributed by atoms with Gasteiger partial charge in [0.15, 0.2) is 0 Å². The van der Waals surface area contributed by atoms with Gasteiger partial charge in [-0.2, -0.15) is 5.10 Å². The molecule has 0 unspecified atom stereocenters. The zero-order valence-electron chi connectivity index (χ0n) is 12.6. The Morgan fingerprint density at radius 1 is 1.50 bits per heavy atom. The van der Waals surface area contributed by atoms with Gasteiger partial charge in [-0.25, -0.2) is 0 Å². The summed E-state index contributed by atoms with van der Waals surface area (Å²) in [5, 5.41) is 7.83. The van der Waals surface area contributed by atoms with Crippen molar-refractivity contribution in [2.24, 2.45) is 5.92 Å². The van der Waals surface area contributed by atoms with Crippen molar-refractivity contribution in [3.05, 3.63) is 38.8 Å². The van der Waals surface area contributed by atoms with Gasteiger partial charge in [-0.1, -0.05) is 18.5 Å². The smallest absolute Gasteiger partial charge is 0.261 e. The summed E-state index contributed by atoms with van der Waals surface area (Å²) in [6, 6.07) is 2.08. The van der Waals surface area contributed by atoms with Gasteiger partial charge in [-0.15, -0.1) is 11.3 Å². The number of thiophene rings is 1. The molecule has 0 saturated carbocycles. The summed E-state index contributed by atoms with van der Waals surface area (Å²) in [7, 11) is 0. The van der Waals surface area contributed by atoms with Gasteiger partial charge >= 0.3 is 0 Å². The first-order valence-corrected chi connectivity index (χ1v) is 8.89. The summed E-state index contributed by atoms with van der Waals surface area (Å²) in [5.41, 5.74) is 1.38. The van der Waals surface area contributed by atoms with Crippen molar-refractivity contribution in [1.82, 2.24) is 15.1 Å². The van der Waals surface area contributed by atoms with E-state index >= 15 is 0 Å². The largest absolute Gasteiger partial charge is 0.351 e. The van der Waals surface area contributed by atoms with Crippen LogP contribution in [0.15, 0.2) is 18.5 Å². The number of nitrogens with zero attached hydrogens (tertiary/aromatic N) is 2. The van der Waals surface area contributed by atoms with Crippen LogP contribution in [0.4, 0.5) is 0 Å². The highest BCUT2D eigenvalue weighted by atomic mass is 35.5. The van der Waals surface area contributed by atoms with E-state index in [0.717, 1.165) is 24.3 Å². The van der Waals surface area contributed by atoms with Crippen LogP contribution in [-0.2, 0) is 19.4 Å². The van der Waals surface area contributed by atoms with Crippen LogP contribution in [0.1, 0.15) is 39.9 Å². The molecule has 1 aliphatic rings. The number of hydrogen-bond acceptors (Lipinski definition) is 3. The highest BCUT2D eigenvalue weighted by Gasteiger charge is 2.17. The molecule has 0 spiro atoms. The van der Waals surface area contributed by atoms with Crippen molar-refractivity contribution >= 4 is 28.8 Å². The number of halogens is 1. The van der Waals surface area contributed by atoms with Gasteiger partial charge < -0.3 is 5.32 Å². The molecule has 0 bridgehead atoms. The lowest BCUT2D eigenvalue weighted by atomic mass is 9.99. The van der Waals surface area contributed by atoms with Crippen LogP contribution in [0.3, 0.4) is 0 Å². The molecule has 0 fully saturated rings. The maximum Gasteiger partial charge on any atom is 0.261 e. The molecular formula is C16H20ClN3OS. The lowest BCUT2D eigenvalue weighted by Gasteiger charge is -2.12. The van der Waals surface area contributed by atoms with Gasteiger partial charge in [0.1, 0.15) is 0 Å². The molecule has 1 amide bonds. The van der Waals surface area contributed by atoms with Crippen LogP contribution < -0.4 is 5.32 Å². The zero-order chi connectivity index (χ0) is 15.5. The van der Waals surface area contributed by atoms with Gasteiger partial charge in [0.25, 0.3) is 5.91 Å². The molecule has 6 heteroatoms. The number of amides is 1. The van der Waals surface area contributed by atoms with Gasteiger partial charge in [0.2, 0.25) is 0 Å².